The van der Waals surface area contributed by atoms with E-state index in [4.69, 9.17) is 14.0 Å². The van der Waals surface area contributed by atoms with Gasteiger partial charge in [0.1, 0.15) is 17.9 Å². The van der Waals surface area contributed by atoms with Crippen LogP contribution in [0.3, 0.4) is 0 Å². The molecule has 0 fully saturated rings. The predicted octanol–water partition coefficient (Wildman–Crippen LogP) is 7.04. The van der Waals surface area contributed by atoms with Crippen LogP contribution in [-0.4, -0.2) is 77.4 Å². The number of likely N-dealkylation sites (N-methyl/N-ethyl adjacent to an activating group) is 2. The molecule has 10 heteroatoms. The van der Waals surface area contributed by atoms with E-state index in [-0.39, 0.29) is 29.9 Å². The Balaban J connectivity index is 0.896. The van der Waals surface area contributed by atoms with E-state index < -0.39 is 5.97 Å². The molecule has 10 nitrogen and oxygen atoms in total. The monoisotopic (exact) mass is 640 g/mol. The summed E-state index contributed by atoms with van der Waals surface area (Å²) in [7, 11) is 3.90. The van der Waals surface area contributed by atoms with Crippen LogP contribution >= 0.6 is 0 Å². The molecular formula is C37H44N4O6. The van der Waals surface area contributed by atoms with Crippen LogP contribution in [0.2, 0.25) is 0 Å². The van der Waals surface area contributed by atoms with E-state index in [1.54, 1.807) is 30.1 Å². The number of benzene rings is 3. The Morgan fingerprint density at radius 1 is 0.809 bits per heavy atom. The number of carbonyl (C=O) groups excluding carboxylic acids is 1. The maximum absolute atomic E-state index is 12.8. The number of carbonyl (C=O) groups is 2. The molecule has 3 aromatic carbocycles. The maximum atomic E-state index is 12.8. The highest BCUT2D eigenvalue weighted by Crippen LogP contribution is 2.44. The summed E-state index contributed by atoms with van der Waals surface area (Å²) in [6.45, 7) is 2.79. The predicted molar refractivity (Wildman–Crippen MR) is 179 cm³/mol. The molecule has 1 aliphatic carbocycles. The molecule has 248 valence electrons. The summed E-state index contributed by atoms with van der Waals surface area (Å²) in [6, 6.07) is 23.2. The molecule has 47 heavy (non-hydrogen) atoms. The van der Waals surface area contributed by atoms with Crippen molar-refractivity contribution in [2.45, 2.75) is 57.5 Å². The average Bonchev–Trinajstić information content (AvgIpc) is 3.68. The number of hydrogen-bond donors (Lipinski definition) is 1. The number of carboxylic acid groups (broad SMARTS) is 1. The van der Waals surface area contributed by atoms with Crippen molar-refractivity contribution in [3.05, 3.63) is 101 Å². The first-order chi connectivity index (χ1) is 22.9. The molecule has 5 rings (SSSR count). The lowest BCUT2D eigenvalue weighted by Crippen LogP contribution is -2.36. The fraction of sp³-hybridized carbons (Fsp3) is 0.405. The lowest BCUT2D eigenvalue weighted by molar-refractivity contribution is 0.0691. The summed E-state index contributed by atoms with van der Waals surface area (Å²) in [5.74, 6) is 0.265. The SMILES string of the molecule is CN(CCCCCCCCc1nc(COc2ccccc2C(=O)O)no1)CCN(C)C(=O)OCC1c2ccccc2-c2ccccc21. The lowest BCUT2D eigenvalue weighted by atomic mass is 9.98. The maximum Gasteiger partial charge on any atom is 0.409 e. The van der Waals surface area contributed by atoms with Crippen molar-refractivity contribution in [1.29, 1.82) is 0 Å². The van der Waals surface area contributed by atoms with Gasteiger partial charge in [0, 0.05) is 32.5 Å². The van der Waals surface area contributed by atoms with Crippen LogP contribution in [0, 0.1) is 0 Å². The van der Waals surface area contributed by atoms with Crippen molar-refractivity contribution in [1.82, 2.24) is 19.9 Å². The molecule has 1 heterocycles. The third-order valence-corrected chi connectivity index (χ3v) is 8.63. The summed E-state index contributed by atoms with van der Waals surface area (Å²) in [5, 5.41) is 13.2. The van der Waals surface area contributed by atoms with Gasteiger partial charge in [0.05, 0.1) is 0 Å². The highest BCUT2D eigenvalue weighted by Gasteiger charge is 2.29. The zero-order valence-electron chi connectivity index (χ0n) is 27.3. The van der Waals surface area contributed by atoms with Crippen molar-refractivity contribution in [2.24, 2.45) is 0 Å². The number of ether oxygens (including phenoxy) is 2. The molecule has 0 bridgehead atoms. The van der Waals surface area contributed by atoms with Crippen LogP contribution in [0.25, 0.3) is 11.1 Å². The van der Waals surface area contributed by atoms with Gasteiger partial charge >= 0.3 is 12.1 Å². The first-order valence-electron chi connectivity index (χ1n) is 16.4. The second kappa shape index (κ2) is 16.7. The van der Waals surface area contributed by atoms with Crippen molar-refractivity contribution in [3.63, 3.8) is 0 Å². The normalized spacial score (nSPS) is 12.1. The molecule has 0 spiro atoms. The zero-order valence-corrected chi connectivity index (χ0v) is 27.3. The lowest BCUT2D eigenvalue weighted by Gasteiger charge is -2.23. The average molecular weight is 641 g/mol. The number of aryl methyl sites for hydroxylation is 1. The number of aromatic carboxylic acids is 1. The zero-order chi connectivity index (χ0) is 33.0. The number of amides is 1. The molecule has 1 aromatic heterocycles. The minimum Gasteiger partial charge on any atom is -0.485 e. The Bertz CT molecular complexity index is 1580. The van der Waals surface area contributed by atoms with Crippen molar-refractivity contribution in [3.8, 4) is 16.9 Å². The van der Waals surface area contributed by atoms with Crippen LogP contribution in [0.1, 0.15) is 77.6 Å². The van der Waals surface area contributed by atoms with E-state index in [0.29, 0.717) is 31.3 Å². The first kappa shape index (κ1) is 33.7. The number of rotatable bonds is 18. The second-order valence-electron chi connectivity index (χ2n) is 12.1. The summed E-state index contributed by atoms with van der Waals surface area (Å²) in [5.41, 5.74) is 4.99. The van der Waals surface area contributed by atoms with E-state index in [1.165, 1.54) is 34.7 Å². The molecule has 0 radical (unpaired) electrons. The summed E-state index contributed by atoms with van der Waals surface area (Å²) in [4.78, 5) is 32.4. The third kappa shape index (κ3) is 9.19. The molecule has 1 N–H and O–H groups in total. The van der Waals surface area contributed by atoms with Crippen molar-refractivity contribution in [2.75, 3.05) is 40.3 Å². The highest BCUT2D eigenvalue weighted by molar-refractivity contribution is 5.90. The van der Waals surface area contributed by atoms with Gasteiger partial charge in [-0.05, 0) is 60.8 Å². The Hall–Kier alpha value is -4.70. The molecule has 1 aliphatic rings. The van der Waals surface area contributed by atoms with Gasteiger partial charge in [-0.3, -0.25) is 0 Å². The fourth-order valence-corrected chi connectivity index (χ4v) is 5.95. The Labute approximate surface area is 276 Å². The van der Waals surface area contributed by atoms with E-state index in [2.05, 4.69) is 58.5 Å². The van der Waals surface area contributed by atoms with Crippen LogP contribution in [0.5, 0.6) is 5.75 Å². The molecule has 1 amide bonds. The van der Waals surface area contributed by atoms with Crippen LogP contribution in [0.15, 0.2) is 77.3 Å². The van der Waals surface area contributed by atoms with E-state index >= 15 is 0 Å². The summed E-state index contributed by atoms with van der Waals surface area (Å²) >= 11 is 0. The number of carboxylic acids is 1. The Morgan fingerprint density at radius 3 is 2.17 bits per heavy atom. The van der Waals surface area contributed by atoms with Gasteiger partial charge in [0.15, 0.2) is 6.61 Å². The smallest absolute Gasteiger partial charge is 0.409 e. The van der Waals surface area contributed by atoms with Crippen LogP contribution in [-0.2, 0) is 17.8 Å². The quantitative estimate of drug-likeness (QED) is 0.114. The number of unbranched alkanes of at least 4 members (excludes halogenated alkanes) is 5. The van der Waals surface area contributed by atoms with Gasteiger partial charge in [-0.1, -0.05) is 91.5 Å². The molecule has 0 atom stereocenters. The minimum atomic E-state index is -1.04. The molecular weight excluding hydrogens is 596 g/mol. The number of fused-ring (bicyclic) bond motifs is 3. The number of para-hydroxylation sites is 1. The Morgan fingerprint density at radius 2 is 1.45 bits per heavy atom. The van der Waals surface area contributed by atoms with Gasteiger partial charge in [0.25, 0.3) is 0 Å². The van der Waals surface area contributed by atoms with Gasteiger partial charge in [0.2, 0.25) is 11.7 Å². The second-order valence-corrected chi connectivity index (χ2v) is 12.1. The number of nitrogens with zero attached hydrogens (tertiary/aromatic N) is 4. The molecule has 0 aliphatic heterocycles. The van der Waals surface area contributed by atoms with Gasteiger partial charge in [-0.15, -0.1) is 0 Å². The van der Waals surface area contributed by atoms with Crippen LogP contribution < -0.4 is 4.74 Å². The van der Waals surface area contributed by atoms with E-state index in [0.717, 1.165) is 45.2 Å². The first-order valence-corrected chi connectivity index (χ1v) is 16.4. The largest absolute Gasteiger partial charge is 0.485 e. The number of aromatic nitrogens is 2. The van der Waals surface area contributed by atoms with E-state index in [1.807, 2.05) is 12.1 Å². The molecule has 0 saturated heterocycles. The summed E-state index contributed by atoms with van der Waals surface area (Å²) < 4.78 is 16.7. The summed E-state index contributed by atoms with van der Waals surface area (Å²) in [6.07, 6.45) is 7.05. The topological polar surface area (TPSA) is 118 Å². The van der Waals surface area contributed by atoms with Crippen LogP contribution in [0.4, 0.5) is 4.79 Å². The third-order valence-electron chi connectivity index (χ3n) is 8.63. The van der Waals surface area contributed by atoms with E-state index in [9.17, 15) is 14.7 Å². The van der Waals surface area contributed by atoms with Crippen molar-refractivity contribution < 1.29 is 28.7 Å². The number of hydrogen-bond acceptors (Lipinski definition) is 8. The van der Waals surface area contributed by atoms with Gasteiger partial charge in [-0.25, -0.2) is 9.59 Å². The molecule has 0 saturated carbocycles. The minimum absolute atomic E-state index is 0.0495. The van der Waals surface area contributed by atoms with Gasteiger partial charge < -0.3 is 28.9 Å². The molecule has 0 unspecified atom stereocenters. The van der Waals surface area contributed by atoms with Crippen molar-refractivity contribution >= 4 is 12.1 Å². The molecule has 4 aromatic rings. The fourth-order valence-electron chi connectivity index (χ4n) is 5.95. The van der Waals surface area contributed by atoms with Gasteiger partial charge in [-0.2, -0.15) is 4.98 Å². The standard InChI is InChI=1S/C37H44N4O6/c1-40(23-24-41(2)37(44)46-25-32-29-17-10-8-15-27(29)28-16-9-11-18-30(28)32)22-14-6-4-3-5-7-21-35-38-34(39-47-35)26-45-33-20-13-12-19-31(33)36(42)43/h8-13,15-20,32H,3-7,14,21-26H2,1-2H3,(H,42,43). The Kier molecular flexibility index (Phi) is 12.0. The highest BCUT2D eigenvalue weighted by atomic mass is 16.6.